The molecule has 6 nitrogen and oxygen atoms in total. The molecule has 2 fully saturated rings. The van der Waals surface area contributed by atoms with Gasteiger partial charge in [0.2, 0.25) is 5.95 Å². The van der Waals surface area contributed by atoms with Gasteiger partial charge in [0.1, 0.15) is 5.69 Å². The molecular weight excluding hydrogens is 304 g/mol. The second-order valence-corrected chi connectivity index (χ2v) is 7.03. The molecule has 0 aliphatic carbocycles. The van der Waals surface area contributed by atoms with Gasteiger partial charge in [0, 0.05) is 31.9 Å². The fraction of sp³-hybridized carbons (Fsp3) is 0.722. The van der Waals surface area contributed by atoms with Gasteiger partial charge in [-0.15, -0.1) is 0 Å². The summed E-state index contributed by atoms with van der Waals surface area (Å²) in [5, 5.41) is 2.96. The first-order valence-electron chi connectivity index (χ1n) is 9.17. The number of aromatic nitrogens is 2. The van der Waals surface area contributed by atoms with Crippen LogP contribution in [0.2, 0.25) is 0 Å². The number of nitrogens with one attached hydrogen (secondary N) is 1. The number of hydrogen-bond acceptors (Lipinski definition) is 5. The number of hydrogen-bond donors (Lipinski definition) is 1. The minimum absolute atomic E-state index is 0.131. The molecule has 0 spiro atoms. The lowest BCUT2D eigenvalue weighted by molar-refractivity contribution is 0.0853. The molecule has 2 saturated heterocycles. The minimum atomic E-state index is -0.131. The molecule has 0 bridgehead atoms. The van der Waals surface area contributed by atoms with E-state index in [9.17, 15) is 4.79 Å². The van der Waals surface area contributed by atoms with Gasteiger partial charge in [0.05, 0.1) is 6.10 Å². The molecule has 1 N–H and O–H groups in total. The van der Waals surface area contributed by atoms with Crippen molar-refractivity contribution in [3.05, 3.63) is 17.5 Å². The predicted molar refractivity (Wildman–Crippen MR) is 93.5 cm³/mol. The van der Waals surface area contributed by atoms with Crippen LogP contribution in [0.1, 0.15) is 68.1 Å². The first-order chi connectivity index (χ1) is 11.6. The summed E-state index contributed by atoms with van der Waals surface area (Å²) in [5.41, 5.74) is 1.39. The largest absolute Gasteiger partial charge is 0.376 e. The van der Waals surface area contributed by atoms with Crippen LogP contribution in [0, 0.1) is 0 Å². The van der Waals surface area contributed by atoms with Gasteiger partial charge in [-0.1, -0.05) is 13.8 Å². The van der Waals surface area contributed by atoms with E-state index in [1.54, 1.807) is 0 Å². The van der Waals surface area contributed by atoms with Crippen LogP contribution in [0.4, 0.5) is 5.95 Å². The van der Waals surface area contributed by atoms with Gasteiger partial charge in [-0.05, 0) is 44.1 Å². The fourth-order valence-electron chi connectivity index (χ4n) is 3.20. The Hall–Kier alpha value is -1.69. The van der Waals surface area contributed by atoms with Gasteiger partial charge in [-0.25, -0.2) is 9.97 Å². The van der Waals surface area contributed by atoms with E-state index in [1.165, 1.54) is 6.42 Å². The number of carbonyl (C=O) groups is 1. The number of piperidine rings is 1. The maximum Gasteiger partial charge on any atom is 0.270 e. The zero-order chi connectivity index (χ0) is 16.9. The van der Waals surface area contributed by atoms with Crippen molar-refractivity contribution in [2.75, 3.05) is 31.1 Å². The van der Waals surface area contributed by atoms with Gasteiger partial charge in [0.15, 0.2) is 0 Å². The van der Waals surface area contributed by atoms with Crippen molar-refractivity contribution in [1.29, 1.82) is 0 Å². The van der Waals surface area contributed by atoms with Crippen LogP contribution in [0.25, 0.3) is 0 Å². The summed E-state index contributed by atoms with van der Waals surface area (Å²) < 4.78 is 5.56. The Morgan fingerprint density at radius 1 is 1.29 bits per heavy atom. The number of nitrogens with zero attached hydrogens (tertiary/aromatic N) is 3. The van der Waals surface area contributed by atoms with Crippen LogP contribution in [-0.2, 0) is 4.74 Å². The minimum Gasteiger partial charge on any atom is -0.376 e. The highest BCUT2D eigenvalue weighted by Crippen LogP contribution is 2.20. The lowest BCUT2D eigenvalue weighted by Crippen LogP contribution is -2.34. The fourth-order valence-corrected chi connectivity index (χ4v) is 3.20. The summed E-state index contributed by atoms with van der Waals surface area (Å²) in [5.74, 6) is 0.831. The maximum absolute atomic E-state index is 12.5. The number of ether oxygens (including phenoxy) is 1. The van der Waals surface area contributed by atoms with E-state index in [1.807, 2.05) is 6.07 Å². The molecule has 0 aromatic carbocycles. The van der Waals surface area contributed by atoms with E-state index in [0.29, 0.717) is 18.2 Å². The molecule has 24 heavy (non-hydrogen) atoms. The number of rotatable bonds is 5. The van der Waals surface area contributed by atoms with Gasteiger partial charge in [-0.3, -0.25) is 4.79 Å². The zero-order valence-corrected chi connectivity index (χ0v) is 14.8. The van der Waals surface area contributed by atoms with E-state index >= 15 is 0 Å². The van der Waals surface area contributed by atoms with Crippen molar-refractivity contribution < 1.29 is 9.53 Å². The van der Waals surface area contributed by atoms with E-state index < -0.39 is 0 Å². The highest BCUT2D eigenvalue weighted by atomic mass is 16.5. The molecule has 1 amide bonds. The lowest BCUT2D eigenvalue weighted by Gasteiger charge is -2.27. The molecule has 132 valence electrons. The molecule has 6 heteroatoms. The first kappa shape index (κ1) is 17.1. The molecule has 2 aliphatic rings. The summed E-state index contributed by atoms with van der Waals surface area (Å²) in [6, 6.07) is 1.82. The van der Waals surface area contributed by atoms with Crippen LogP contribution in [-0.4, -0.2) is 48.2 Å². The van der Waals surface area contributed by atoms with Gasteiger partial charge in [0.25, 0.3) is 5.91 Å². The summed E-state index contributed by atoms with van der Waals surface area (Å²) in [7, 11) is 0. The normalized spacial score (nSPS) is 21.3. The second kappa shape index (κ2) is 7.92. The summed E-state index contributed by atoms with van der Waals surface area (Å²) >= 11 is 0. The SMILES string of the molecule is CC(C)c1cc(C(=O)NCC2CCCO2)nc(N2CCCCC2)n1. The highest BCUT2D eigenvalue weighted by molar-refractivity contribution is 5.92. The van der Waals surface area contributed by atoms with Gasteiger partial charge >= 0.3 is 0 Å². The second-order valence-electron chi connectivity index (χ2n) is 7.03. The Bertz CT molecular complexity index is 564. The van der Waals surface area contributed by atoms with Crippen LogP contribution in [0.3, 0.4) is 0 Å². The molecule has 0 radical (unpaired) electrons. The Labute approximate surface area is 144 Å². The topological polar surface area (TPSA) is 67.3 Å². The smallest absolute Gasteiger partial charge is 0.270 e. The van der Waals surface area contributed by atoms with Crippen molar-refractivity contribution in [2.45, 2.75) is 58.0 Å². The van der Waals surface area contributed by atoms with E-state index in [2.05, 4.69) is 34.0 Å². The molecule has 3 heterocycles. The highest BCUT2D eigenvalue weighted by Gasteiger charge is 2.21. The van der Waals surface area contributed by atoms with Crippen LogP contribution >= 0.6 is 0 Å². The van der Waals surface area contributed by atoms with Crippen LogP contribution < -0.4 is 10.2 Å². The third-order valence-electron chi connectivity index (χ3n) is 4.71. The predicted octanol–water partition coefficient (Wildman–Crippen LogP) is 2.50. The maximum atomic E-state index is 12.5. The van der Waals surface area contributed by atoms with Gasteiger partial charge in [-0.2, -0.15) is 0 Å². The zero-order valence-electron chi connectivity index (χ0n) is 14.8. The molecule has 1 aromatic heterocycles. The van der Waals surface area contributed by atoms with Crippen LogP contribution in [0.15, 0.2) is 6.07 Å². The van der Waals surface area contributed by atoms with Crippen molar-refractivity contribution in [3.63, 3.8) is 0 Å². The summed E-state index contributed by atoms with van der Waals surface area (Å²) in [4.78, 5) is 24.0. The number of anilines is 1. The van der Waals surface area contributed by atoms with Crippen molar-refractivity contribution in [3.8, 4) is 0 Å². The molecule has 3 rings (SSSR count). The summed E-state index contributed by atoms with van der Waals surface area (Å²) in [6.45, 7) is 7.48. The Balaban J connectivity index is 1.74. The van der Waals surface area contributed by atoms with Crippen molar-refractivity contribution in [2.24, 2.45) is 0 Å². The molecule has 1 unspecified atom stereocenters. The number of carbonyl (C=O) groups excluding carboxylic acids is 1. The molecule has 1 aromatic rings. The van der Waals surface area contributed by atoms with E-state index in [-0.39, 0.29) is 17.9 Å². The Morgan fingerprint density at radius 3 is 2.75 bits per heavy atom. The number of amides is 1. The van der Waals surface area contributed by atoms with E-state index in [0.717, 1.165) is 51.1 Å². The Kier molecular flexibility index (Phi) is 5.66. The molecule has 1 atom stereocenters. The third kappa shape index (κ3) is 4.23. The van der Waals surface area contributed by atoms with E-state index in [4.69, 9.17) is 4.74 Å². The lowest BCUT2D eigenvalue weighted by atomic mass is 10.1. The van der Waals surface area contributed by atoms with Crippen molar-refractivity contribution >= 4 is 11.9 Å². The molecule has 2 aliphatic heterocycles. The monoisotopic (exact) mass is 332 g/mol. The average molecular weight is 332 g/mol. The average Bonchev–Trinajstić information content (AvgIpc) is 3.13. The van der Waals surface area contributed by atoms with Crippen molar-refractivity contribution in [1.82, 2.24) is 15.3 Å². The molecular formula is C18H28N4O2. The summed E-state index contributed by atoms with van der Waals surface area (Å²) in [6.07, 6.45) is 5.81. The quantitative estimate of drug-likeness (QED) is 0.897. The van der Waals surface area contributed by atoms with Gasteiger partial charge < -0.3 is 15.0 Å². The first-order valence-corrected chi connectivity index (χ1v) is 9.17. The standard InChI is InChI=1S/C18H28N4O2/c1-13(2)15-11-16(17(23)19-12-14-7-6-10-24-14)21-18(20-15)22-8-4-3-5-9-22/h11,13-14H,3-10,12H2,1-2H3,(H,19,23). The Morgan fingerprint density at radius 2 is 2.08 bits per heavy atom. The third-order valence-corrected chi connectivity index (χ3v) is 4.71. The molecule has 0 saturated carbocycles. The van der Waals surface area contributed by atoms with Crippen LogP contribution in [0.5, 0.6) is 0 Å².